The lowest BCUT2D eigenvalue weighted by Gasteiger charge is -2.09. The molecular formula is C21H16N8O7S. The summed E-state index contributed by atoms with van der Waals surface area (Å²) in [6.07, 6.45) is 0. The van der Waals surface area contributed by atoms with Crippen molar-refractivity contribution in [2.24, 2.45) is 5.14 Å². The molecule has 188 valence electrons. The second-order valence-electron chi connectivity index (χ2n) is 7.44. The number of nitrogens with two attached hydrogens (primary N) is 2. The first-order chi connectivity index (χ1) is 17.5. The van der Waals surface area contributed by atoms with E-state index in [-0.39, 0.29) is 27.5 Å². The first-order valence-electron chi connectivity index (χ1n) is 10.2. The molecule has 0 atom stereocenters. The highest BCUT2D eigenvalue weighted by atomic mass is 32.2. The van der Waals surface area contributed by atoms with E-state index in [0.717, 1.165) is 6.07 Å². The Morgan fingerprint density at radius 2 is 1.62 bits per heavy atom. The molecule has 4 aromatic rings. The zero-order valence-corrected chi connectivity index (χ0v) is 19.3. The number of anilines is 3. The third kappa shape index (κ3) is 4.95. The van der Waals surface area contributed by atoms with E-state index in [1.54, 1.807) is 0 Å². The summed E-state index contributed by atoms with van der Waals surface area (Å²) in [5, 5.41) is 35.2. The first-order valence-corrected chi connectivity index (χ1v) is 11.7. The third-order valence-corrected chi connectivity index (χ3v) is 6.01. The summed E-state index contributed by atoms with van der Waals surface area (Å²) in [6.45, 7) is 0. The number of hydrogen-bond acceptors (Lipinski definition) is 11. The maximum atomic E-state index is 12.9. The molecule has 4 rings (SSSR count). The minimum absolute atomic E-state index is 0.00537. The highest BCUT2D eigenvalue weighted by molar-refractivity contribution is 7.89. The second-order valence-corrected chi connectivity index (χ2v) is 9.00. The molecule has 0 aliphatic heterocycles. The Morgan fingerprint density at radius 3 is 2.24 bits per heavy atom. The molecule has 0 unspecified atom stereocenters. The van der Waals surface area contributed by atoms with Crippen molar-refractivity contribution in [3.8, 4) is 11.4 Å². The fraction of sp³-hybridized carbons (Fsp3) is 0. The van der Waals surface area contributed by atoms with Gasteiger partial charge in [0.2, 0.25) is 16.0 Å². The molecule has 0 radical (unpaired) electrons. The van der Waals surface area contributed by atoms with Gasteiger partial charge in [0, 0.05) is 11.8 Å². The molecule has 0 aliphatic carbocycles. The van der Waals surface area contributed by atoms with Crippen LogP contribution in [-0.4, -0.2) is 38.9 Å². The highest BCUT2D eigenvalue weighted by Crippen LogP contribution is 2.37. The number of nitro groups is 2. The Hall–Kier alpha value is -5.22. The van der Waals surface area contributed by atoms with Crippen LogP contribution in [0, 0.1) is 20.2 Å². The van der Waals surface area contributed by atoms with Gasteiger partial charge in [0.05, 0.1) is 14.7 Å². The van der Waals surface area contributed by atoms with Crippen molar-refractivity contribution in [1.29, 1.82) is 0 Å². The number of nitrogens with one attached hydrogen (secondary N) is 1. The summed E-state index contributed by atoms with van der Waals surface area (Å²) in [7, 11) is -3.92. The van der Waals surface area contributed by atoms with E-state index in [4.69, 9.17) is 10.9 Å². The molecule has 1 aromatic heterocycles. The number of hydrogen-bond donors (Lipinski definition) is 3. The smallest absolute Gasteiger partial charge is 0.303 e. The highest BCUT2D eigenvalue weighted by Gasteiger charge is 2.28. The van der Waals surface area contributed by atoms with E-state index in [1.807, 2.05) is 0 Å². The van der Waals surface area contributed by atoms with Crippen LogP contribution in [-0.2, 0) is 10.0 Å². The molecule has 0 saturated heterocycles. The Labute approximate surface area is 207 Å². The number of primary sulfonamides is 1. The number of carbonyl (C=O) groups is 1. The number of nitro benzene ring substituents is 2. The Kier molecular flexibility index (Phi) is 6.35. The van der Waals surface area contributed by atoms with Gasteiger partial charge in [-0.1, -0.05) is 18.2 Å². The molecule has 0 spiro atoms. The van der Waals surface area contributed by atoms with Crippen molar-refractivity contribution in [3.05, 3.63) is 92.5 Å². The normalized spacial score (nSPS) is 11.2. The van der Waals surface area contributed by atoms with Gasteiger partial charge < -0.3 is 11.1 Å². The molecule has 37 heavy (non-hydrogen) atoms. The first kappa shape index (κ1) is 24.9. The number of rotatable bonds is 7. The molecular weight excluding hydrogens is 508 g/mol. The van der Waals surface area contributed by atoms with Gasteiger partial charge in [-0.3, -0.25) is 25.0 Å². The van der Waals surface area contributed by atoms with Crippen molar-refractivity contribution in [2.75, 3.05) is 11.1 Å². The summed E-state index contributed by atoms with van der Waals surface area (Å²) in [5.74, 6) is -1.66. The van der Waals surface area contributed by atoms with Gasteiger partial charge >= 0.3 is 5.69 Å². The van der Waals surface area contributed by atoms with Crippen LogP contribution in [0.2, 0.25) is 0 Å². The van der Waals surface area contributed by atoms with Crippen LogP contribution in [0.5, 0.6) is 0 Å². The van der Waals surface area contributed by atoms with Crippen LogP contribution in [0.25, 0.3) is 11.4 Å². The number of para-hydroxylation sites is 2. The maximum absolute atomic E-state index is 12.9. The van der Waals surface area contributed by atoms with Gasteiger partial charge in [0.25, 0.3) is 11.6 Å². The monoisotopic (exact) mass is 524 g/mol. The van der Waals surface area contributed by atoms with Crippen LogP contribution < -0.4 is 16.2 Å². The fourth-order valence-electron chi connectivity index (χ4n) is 3.42. The minimum Gasteiger partial charge on any atom is -0.368 e. The quantitative estimate of drug-likeness (QED) is 0.234. The largest absolute Gasteiger partial charge is 0.368 e. The summed E-state index contributed by atoms with van der Waals surface area (Å²) in [5.41, 5.74) is 4.81. The van der Waals surface area contributed by atoms with Crippen molar-refractivity contribution < 1.29 is 23.1 Å². The van der Waals surface area contributed by atoms with Crippen LogP contribution in [0.4, 0.5) is 28.7 Å². The Bertz CT molecular complexity index is 1670. The van der Waals surface area contributed by atoms with Gasteiger partial charge in [-0.2, -0.15) is 9.67 Å². The van der Waals surface area contributed by atoms with Crippen molar-refractivity contribution in [3.63, 3.8) is 0 Å². The Balaban J connectivity index is 1.74. The van der Waals surface area contributed by atoms with Crippen molar-refractivity contribution in [2.45, 2.75) is 4.90 Å². The minimum atomic E-state index is -3.92. The zero-order valence-electron chi connectivity index (χ0n) is 18.5. The van der Waals surface area contributed by atoms with E-state index in [9.17, 15) is 33.4 Å². The SMILES string of the molecule is Nc1nc(-c2cccc(Nc3ccc(S(N)(=O)=O)cc3)c2[N+](=O)[O-])nn1C(=O)c1ccccc1[N+](=O)[O-]. The standard InChI is InChI=1S/C21H16N8O7S/c22-21-25-19(26-27(21)20(30)14-4-1-2-7-17(14)28(31)32)15-5-3-6-16(18(15)29(33)34)24-12-8-10-13(11-9-12)37(23,35)36/h1-11,24H,(H2,22,25,26)(H2,23,35,36). The third-order valence-electron chi connectivity index (χ3n) is 5.08. The van der Waals surface area contributed by atoms with E-state index >= 15 is 0 Å². The van der Waals surface area contributed by atoms with E-state index in [2.05, 4.69) is 15.4 Å². The maximum Gasteiger partial charge on any atom is 0.303 e. The van der Waals surface area contributed by atoms with Gasteiger partial charge in [-0.15, -0.1) is 5.10 Å². The predicted octanol–water partition coefficient (Wildman–Crippen LogP) is 2.42. The van der Waals surface area contributed by atoms with Gasteiger partial charge in [0.1, 0.15) is 16.8 Å². The average Bonchev–Trinajstić information content (AvgIpc) is 3.24. The molecule has 16 heteroatoms. The Morgan fingerprint density at radius 1 is 0.946 bits per heavy atom. The number of carbonyl (C=O) groups excluding carboxylic acids is 1. The van der Waals surface area contributed by atoms with Gasteiger partial charge in [-0.05, 0) is 42.5 Å². The van der Waals surface area contributed by atoms with Crippen molar-refractivity contribution in [1.82, 2.24) is 14.8 Å². The molecule has 0 saturated carbocycles. The number of nitrogens with zero attached hydrogens (tertiary/aromatic N) is 5. The lowest BCUT2D eigenvalue weighted by Crippen LogP contribution is -2.17. The molecule has 0 amide bonds. The summed E-state index contributed by atoms with van der Waals surface area (Å²) < 4.78 is 23.5. The molecule has 0 fully saturated rings. The number of benzene rings is 3. The molecule has 5 N–H and O–H groups in total. The van der Waals surface area contributed by atoms with Crippen LogP contribution in [0.1, 0.15) is 10.4 Å². The summed E-state index contributed by atoms with van der Waals surface area (Å²) in [4.78, 5) is 38.6. The lowest BCUT2D eigenvalue weighted by molar-refractivity contribution is -0.385. The van der Waals surface area contributed by atoms with Gasteiger partial charge in [-0.25, -0.2) is 13.6 Å². The second kappa shape index (κ2) is 9.44. The number of sulfonamides is 1. The topological polar surface area (TPSA) is 232 Å². The predicted molar refractivity (Wildman–Crippen MR) is 130 cm³/mol. The number of nitrogen functional groups attached to an aromatic ring is 1. The zero-order chi connectivity index (χ0) is 26.9. The molecule has 1 heterocycles. The van der Waals surface area contributed by atoms with E-state index in [0.29, 0.717) is 10.4 Å². The van der Waals surface area contributed by atoms with Crippen molar-refractivity contribution >= 4 is 44.6 Å². The van der Waals surface area contributed by atoms with E-state index in [1.165, 1.54) is 60.7 Å². The molecule has 15 nitrogen and oxygen atoms in total. The fourth-order valence-corrected chi connectivity index (χ4v) is 3.94. The van der Waals surface area contributed by atoms with Crippen LogP contribution in [0.15, 0.2) is 71.6 Å². The molecule has 0 bridgehead atoms. The van der Waals surface area contributed by atoms with Crippen LogP contribution in [0.3, 0.4) is 0 Å². The van der Waals surface area contributed by atoms with Crippen LogP contribution >= 0.6 is 0 Å². The summed E-state index contributed by atoms with van der Waals surface area (Å²) in [6, 6.07) is 14.5. The van der Waals surface area contributed by atoms with Gasteiger partial charge in [0.15, 0.2) is 5.82 Å². The van der Waals surface area contributed by atoms with E-state index < -0.39 is 43.1 Å². The molecule has 3 aromatic carbocycles. The molecule has 0 aliphatic rings. The number of aromatic nitrogens is 3. The summed E-state index contributed by atoms with van der Waals surface area (Å²) >= 11 is 0. The average molecular weight is 524 g/mol. The lowest BCUT2D eigenvalue weighted by atomic mass is 10.1.